The number of carbonyl (C=O) groups is 1. The zero-order chi connectivity index (χ0) is 12.3. The second-order valence-electron chi connectivity index (χ2n) is 3.23. The number of halogens is 1. The van der Waals surface area contributed by atoms with Gasteiger partial charge in [-0.1, -0.05) is 11.6 Å². The second-order valence-corrected chi connectivity index (χ2v) is 4.47. The fraction of sp³-hybridized carbons (Fsp3) is 0.0909. The van der Waals surface area contributed by atoms with Crippen LogP contribution in [0.4, 0.5) is 0 Å². The zero-order valence-corrected chi connectivity index (χ0v) is 10.2. The van der Waals surface area contributed by atoms with Crippen molar-refractivity contribution in [2.24, 2.45) is 0 Å². The maximum absolute atomic E-state index is 10.6. The highest BCUT2D eigenvalue weighted by atomic mass is 35.5. The lowest BCUT2D eigenvalue weighted by Gasteiger charge is -2.03. The van der Waals surface area contributed by atoms with Crippen molar-refractivity contribution in [2.45, 2.75) is 6.61 Å². The summed E-state index contributed by atoms with van der Waals surface area (Å²) in [6.45, 7) is 0.241. The van der Waals surface area contributed by atoms with Crippen molar-refractivity contribution in [3.8, 4) is 5.75 Å². The third kappa shape index (κ3) is 3.18. The molecule has 0 spiro atoms. The molecule has 2 aromatic rings. The third-order valence-corrected chi connectivity index (χ3v) is 3.04. The Kier molecular flexibility index (Phi) is 3.61. The van der Waals surface area contributed by atoms with Crippen LogP contribution in [0.15, 0.2) is 30.3 Å². The summed E-state index contributed by atoms with van der Waals surface area (Å²) in [7, 11) is 0. The van der Waals surface area contributed by atoms with Gasteiger partial charge in [-0.3, -0.25) is 0 Å². The minimum atomic E-state index is -0.972. The quantitative estimate of drug-likeness (QED) is 0.927. The summed E-state index contributed by atoms with van der Waals surface area (Å²) in [5.41, 5.74) is 0.599. The third-order valence-electron chi connectivity index (χ3n) is 1.97. The number of aromatic carboxylic acids is 1. The summed E-state index contributed by atoms with van der Waals surface area (Å²) >= 11 is 6.68. The van der Waals surface area contributed by atoms with Crippen LogP contribution in [0, 0.1) is 0 Å². The standard InChI is InChI=1S/C11H8ClNO3S/c12-7-1-3-9(4-2-7)16-6-8-5-10(11(14)15)17-13-8/h1-5H,6H2,(H,14,15). The van der Waals surface area contributed by atoms with Gasteiger partial charge in [0.25, 0.3) is 0 Å². The van der Waals surface area contributed by atoms with Crippen molar-refractivity contribution in [3.63, 3.8) is 0 Å². The summed E-state index contributed by atoms with van der Waals surface area (Å²) in [5, 5.41) is 9.37. The molecular formula is C11H8ClNO3S. The average Bonchev–Trinajstić information content (AvgIpc) is 2.77. The van der Waals surface area contributed by atoms with E-state index in [9.17, 15) is 4.79 Å². The van der Waals surface area contributed by atoms with Crippen LogP contribution in [-0.4, -0.2) is 15.4 Å². The van der Waals surface area contributed by atoms with E-state index in [-0.39, 0.29) is 11.5 Å². The molecule has 4 nitrogen and oxygen atoms in total. The highest BCUT2D eigenvalue weighted by Gasteiger charge is 2.08. The predicted molar refractivity (Wildman–Crippen MR) is 64.9 cm³/mol. The number of nitrogens with zero attached hydrogens (tertiary/aromatic N) is 1. The fourth-order valence-electron chi connectivity index (χ4n) is 1.17. The van der Waals surface area contributed by atoms with Gasteiger partial charge in [-0.25, -0.2) is 4.79 Å². The molecule has 88 valence electrons. The van der Waals surface area contributed by atoms with E-state index < -0.39 is 5.97 Å². The summed E-state index contributed by atoms with van der Waals surface area (Å²) in [6, 6.07) is 8.43. The molecule has 0 fully saturated rings. The van der Waals surface area contributed by atoms with Crippen LogP contribution in [0.3, 0.4) is 0 Å². The lowest BCUT2D eigenvalue weighted by atomic mass is 10.3. The van der Waals surface area contributed by atoms with E-state index in [1.54, 1.807) is 24.3 Å². The summed E-state index contributed by atoms with van der Waals surface area (Å²) in [6.07, 6.45) is 0. The monoisotopic (exact) mass is 269 g/mol. The summed E-state index contributed by atoms with van der Waals surface area (Å²) in [5.74, 6) is -0.306. The van der Waals surface area contributed by atoms with Crippen LogP contribution in [0.25, 0.3) is 0 Å². The number of benzene rings is 1. The molecule has 0 aliphatic heterocycles. The number of hydrogen-bond donors (Lipinski definition) is 1. The van der Waals surface area contributed by atoms with Crippen LogP contribution in [0.1, 0.15) is 15.4 Å². The minimum absolute atomic E-state index is 0.208. The molecule has 1 heterocycles. The smallest absolute Gasteiger partial charge is 0.347 e. The molecule has 0 saturated heterocycles. The first-order valence-electron chi connectivity index (χ1n) is 4.72. The van der Waals surface area contributed by atoms with Gasteiger partial charge in [-0.05, 0) is 41.9 Å². The first-order valence-corrected chi connectivity index (χ1v) is 5.87. The van der Waals surface area contributed by atoms with Crippen LogP contribution in [0.5, 0.6) is 5.75 Å². The summed E-state index contributed by atoms with van der Waals surface area (Å²) in [4.78, 5) is 10.8. The highest BCUT2D eigenvalue weighted by Crippen LogP contribution is 2.17. The lowest BCUT2D eigenvalue weighted by molar-refractivity contribution is 0.0702. The Morgan fingerprint density at radius 1 is 1.41 bits per heavy atom. The van der Waals surface area contributed by atoms with Gasteiger partial charge in [-0.15, -0.1) is 0 Å². The highest BCUT2D eigenvalue weighted by molar-refractivity contribution is 7.08. The van der Waals surface area contributed by atoms with Crippen molar-refractivity contribution in [3.05, 3.63) is 45.9 Å². The molecule has 0 radical (unpaired) electrons. The van der Waals surface area contributed by atoms with Gasteiger partial charge < -0.3 is 9.84 Å². The molecule has 1 N–H and O–H groups in total. The first-order chi connectivity index (χ1) is 8.15. The minimum Gasteiger partial charge on any atom is -0.487 e. The number of carboxylic acid groups (broad SMARTS) is 1. The Morgan fingerprint density at radius 2 is 2.12 bits per heavy atom. The zero-order valence-electron chi connectivity index (χ0n) is 8.59. The molecule has 0 aliphatic rings. The molecule has 2 rings (SSSR count). The van der Waals surface area contributed by atoms with Gasteiger partial charge in [0.05, 0.1) is 5.69 Å². The molecular weight excluding hydrogens is 262 g/mol. The second kappa shape index (κ2) is 5.16. The molecule has 0 amide bonds. The molecule has 0 aliphatic carbocycles. The van der Waals surface area contributed by atoms with Gasteiger partial charge in [0.15, 0.2) is 0 Å². The Bertz CT molecular complexity index is 524. The van der Waals surface area contributed by atoms with E-state index in [0.717, 1.165) is 11.5 Å². The van der Waals surface area contributed by atoms with Crippen molar-refractivity contribution in [1.29, 1.82) is 0 Å². The van der Waals surface area contributed by atoms with E-state index >= 15 is 0 Å². The predicted octanol–water partition coefficient (Wildman–Crippen LogP) is 3.07. The topological polar surface area (TPSA) is 59.4 Å². The lowest BCUT2D eigenvalue weighted by Crippen LogP contribution is -1.95. The van der Waals surface area contributed by atoms with Crippen molar-refractivity contribution >= 4 is 29.1 Å². The van der Waals surface area contributed by atoms with Crippen LogP contribution < -0.4 is 4.74 Å². The van der Waals surface area contributed by atoms with E-state index in [1.165, 1.54) is 6.07 Å². The van der Waals surface area contributed by atoms with Crippen LogP contribution >= 0.6 is 23.1 Å². The van der Waals surface area contributed by atoms with E-state index in [1.807, 2.05) is 0 Å². The number of carboxylic acids is 1. The Hall–Kier alpha value is -1.59. The molecule has 1 aromatic heterocycles. The molecule has 0 saturated carbocycles. The number of rotatable bonds is 4. The molecule has 6 heteroatoms. The largest absolute Gasteiger partial charge is 0.487 e. The normalized spacial score (nSPS) is 10.2. The SMILES string of the molecule is O=C(O)c1cc(COc2ccc(Cl)cc2)ns1. The first kappa shape index (κ1) is 11.9. The van der Waals surface area contributed by atoms with Gasteiger partial charge >= 0.3 is 5.97 Å². The van der Waals surface area contributed by atoms with Gasteiger partial charge in [0.2, 0.25) is 0 Å². The Morgan fingerprint density at radius 3 is 2.71 bits per heavy atom. The Labute approximate surface area is 107 Å². The van der Waals surface area contributed by atoms with Crippen molar-refractivity contribution in [1.82, 2.24) is 4.37 Å². The van der Waals surface area contributed by atoms with E-state index in [2.05, 4.69) is 4.37 Å². The molecule has 17 heavy (non-hydrogen) atoms. The average molecular weight is 270 g/mol. The van der Waals surface area contributed by atoms with Gasteiger partial charge in [0.1, 0.15) is 17.2 Å². The van der Waals surface area contributed by atoms with Gasteiger partial charge in [0, 0.05) is 5.02 Å². The van der Waals surface area contributed by atoms with Gasteiger partial charge in [-0.2, -0.15) is 4.37 Å². The van der Waals surface area contributed by atoms with E-state index in [4.69, 9.17) is 21.4 Å². The van der Waals surface area contributed by atoms with Crippen LogP contribution in [0.2, 0.25) is 5.02 Å². The number of aromatic nitrogens is 1. The fourth-order valence-corrected chi connectivity index (χ4v) is 1.88. The van der Waals surface area contributed by atoms with E-state index in [0.29, 0.717) is 16.5 Å². The maximum atomic E-state index is 10.6. The molecule has 1 aromatic carbocycles. The summed E-state index contributed by atoms with van der Waals surface area (Å²) < 4.78 is 9.41. The van der Waals surface area contributed by atoms with Crippen molar-refractivity contribution < 1.29 is 14.6 Å². The molecule has 0 atom stereocenters. The molecule has 0 bridgehead atoms. The van der Waals surface area contributed by atoms with Crippen LogP contribution in [-0.2, 0) is 6.61 Å². The maximum Gasteiger partial charge on any atom is 0.347 e. The van der Waals surface area contributed by atoms with Crippen molar-refractivity contribution in [2.75, 3.05) is 0 Å². The number of hydrogen-bond acceptors (Lipinski definition) is 4. The molecule has 0 unspecified atom stereocenters. The Balaban J connectivity index is 1.97. The number of ether oxygens (including phenoxy) is 1.